The maximum Gasteiger partial charge on any atom is 0.0911 e. The molecule has 0 aliphatic heterocycles. The molecule has 0 fully saturated rings. The van der Waals surface area contributed by atoms with Crippen molar-refractivity contribution in [2.24, 2.45) is 0 Å². The van der Waals surface area contributed by atoms with Gasteiger partial charge in [0, 0.05) is 0 Å². The van der Waals surface area contributed by atoms with Crippen molar-refractivity contribution < 1.29 is 0 Å². The lowest BCUT2D eigenvalue weighted by molar-refractivity contribution is 0.934. The van der Waals surface area contributed by atoms with Crippen LogP contribution in [0.25, 0.3) is 5.03 Å². The maximum absolute atomic E-state index is 6.15. The third kappa shape index (κ3) is 1.55. The molecular formula is C10H6Cl4. The Morgan fingerprint density at radius 1 is 0.929 bits per heavy atom. The number of rotatable bonds is 0. The van der Waals surface area contributed by atoms with Gasteiger partial charge < -0.3 is 0 Å². The summed E-state index contributed by atoms with van der Waals surface area (Å²) >= 11 is 24.2. The number of fused-ring (bicyclic) bond motifs is 1. The molecule has 1 aromatic carbocycles. The second kappa shape index (κ2) is 3.94. The highest BCUT2D eigenvalue weighted by molar-refractivity contribution is 6.57. The smallest absolute Gasteiger partial charge is 0.0911 e. The third-order valence-electron chi connectivity index (χ3n) is 2.20. The van der Waals surface area contributed by atoms with Gasteiger partial charge in [-0.2, -0.15) is 0 Å². The normalized spacial score (nSPS) is 26.3. The molecule has 74 valence electrons. The van der Waals surface area contributed by atoms with Crippen LogP contribution in [0.2, 0.25) is 0 Å². The third-order valence-corrected chi connectivity index (χ3v) is 4.33. The first-order chi connectivity index (χ1) is 6.63. The van der Waals surface area contributed by atoms with E-state index in [0.717, 1.165) is 11.1 Å². The summed E-state index contributed by atoms with van der Waals surface area (Å²) in [7, 11) is 0. The molecule has 0 saturated carbocycles. The van der Waals surface area contributed by atoms with Crippen molar-refractivity contribution in [3.63, 3.8) is 0 Å². The summed E-state index contributed by atoms with van der Waals surface area (Å²) in [5.41, 5.74) is 1.81. The van der Waals surface area contributed by atoms with Crippen LogP contribution in [0.4, 0.5) is 0 Å². The van der Waals surface area contributed by atoms with Gasteiger partial charge in [-0.3, -0.25) is 0 Å². The van der Waals surface area contributed by atoms with Gasteiger partial charge >= 0.3 is 0 Å². The largest absolute Gasteiger partial charge is 0.116 e. The number of benzene rings is 1. The maximum atomic E-state index is 6.15. The summed E-state index contributed by atoms with van der Waals surface area (Å²) in [6.45, 7) is 0. The van der Waals surface area contributed by atoms with E-state index in [1.54, 1.807) is 0 Å². The van der Waals surface area contributed by atoms with Gasteiger partial charge in [-0.15, -0.1) is 23.2 Å². The lowest BCUT2D eigenvalue weighted by atomic mass is 9.96. The molecule has 4 heteroatoms. The molecule has 0 aromatic heterocycles. The average Bonchev–Trinajstić information content (AvgIpc) is 2.23. The fourth-order valence-corrected chi connectivity index (χ4v) is 2.67. The van der Waals surface area contributed by atoms with Crippen molar-refractivity contribution in [3.05, 3.63) is 40.4 Å². The van der Waals surface area contributed by atoms with Gasteiger partial charge in [0.25, 0.3) is 0 Å². The van der Waals surface area contributed by atoms with Crippen molar-refractivity contribution in [2.75, 3.05) is 0 Å². The Morgan fingerprint density at radius 3 is 2.29 bits per heavy atom. The highest BCUT2D eigenvalue weighted by Crippen LogP contribution is 2.46. The number of allylic oxidation sites excluding steroid dienone is 1. The standard InChI is InChI=1S/C10H6Cl4/c11-7-5-3-1-2-4-6(5)8(12)10(14)9(7)13/h1-4,7,9H. The first-order valence-electron chi connectivity index (χ1n) is 4.05. The summed E-state index contributed by atoms with van der Waals surface area (Å²) < 4.78 is 0. The van der Waals surface area contributed by atoms with E-state index in [9.17, 15) is 0 Å². The number of halogens is 4. The molecule has 2 atom stereocenters. The van der Waals surface area contributed by atoms with Gasteiger partial charge in [0.05, 0.1) is 20.8 Å². The fraction of sp³-hybridized carbons (Fsp3) is 0.200. The van der Waals surface area contributed by atoms with Crippen LogP contribution >= 0.6 is 46.4 Å². The van der Waals surface area contributed by atoms with Gasteiger partial charge in [0.15, 0.2) is 0 Å². The predicted molar refractivity (Wildman–Crippen MR) is 63.3 cm³/mol. The summed E-state index contributed by atoms with van der Waals surface area (Å²) in [5, 5.41) is 0.162. The van der Waals surface area contributed by atoms with E-state index in [2.05, 4.69) is 0 Å². The molecule has 1 aromatic rings. The topological polar surface area (TPSA) is 0 Å². The minimum Gasteiger partial charge on any atom is -0.116 e. The van der Waals surface area contributed by atoms with Crippen molar-refractivity contribution in [1.82, 2.24) is 0 Å². The van der Waals surface area contributed by atoms with Crippen molar-refractivity contribution in [3.8, 4) is 0 Å². The van der Waals surface area contributed by atoms with E-state index in [-0.39, 0.29) is 5.38 Å². The molecule has 0 saturated heterocycles. The molecule has 0 N–H and O–H groups in total. The van der Waals surface area contributed by atoms with Crippen LogP contribution in [0.1, 0.15) is 16.5 Å². The zero-order chi connectivity index (χ0) is 10.3. The Kier molecular flexibility index (Phi) is 2.99. The summed E-state index contributed by atoms with van der Waals surface area (Å²) in [6.07, 6.45) is 0. The fourth-order valence-electron chi connectivity index (χ4n) is 1.47. The summed E-state index contributed by atoms with van der Waals surface area (Å²) in [6, 6.07) is 7.59. The average molecular weight is 268 g/mol. The van der Waals surface area contributed by atoms with E-state index in [1.165, 1.54) is 0 Å². The minimum absolute atomic E-state index is 0.317. The molecule has 0 heterocycles. The van der Waals surface area contributed by atoms with E-state index < -0.39 is 5.38 Å². The highest BCUT2D eigenvalue weighted by Gasteiger charge is 2.31. The molecule has 0 radical (unpaired) electrons. The molecule has 0 nitrogen and oxygen atoms in total. The zero-order valence-electron chi connectivity index (χ0n) is 6.98. The molecule has 0 bridgehead atoms. The number of hydrogen-bond acceptors (Lipinski definition) is 0. The van der Waals surface area contributed by atoms with E-state index in [4.69, 9.17) is 46.4 Å². The lowest BCUT2D eigenvalue weighted by Crippen LogP contribution is -2.15. The number of hydrogen-bond donors (Lipinski definition) is 0. The van der Waals surface area contributed by atoms with Crippen molar-refractivity contribution >= 4 is 51.4 Å². The summed E-state index contributed by atoms with van der Waals surface area (Å²) in [4.78, 5) is 0. The molecule has 0 amide bonds. The van der Waals surface area contributed by atoms with Gasteiger partial charge in [-0.25, -0.2) is 0 Å². The Labute approximate surface area is 102 Å². The van der Waals surface area contributed by atoms with Gasteiger partial charge in [-0.1, -0.05) is 47.5 Å². The van der Waals surface area contributed by atoms with Crippen LogP contribution < -0.4 is 0 Å². The first-order valence-corrected chi connectivity index (χ1v) is 5.68. The van der Waals surface area contributed by atoms with Gasteiger partial charge in [0.1, 0.15) is 0 Å². The lowest BCUT2D eigenvalue weighted by Gasteiger charge is -2.25. The van der Waals surface area contributed by atoms with Crippen LogP contribution in [0.15, 0.2) is 29.3 Å². The van der Waals surface area contributed by atoms with Gasteiger partial charge in [0.2, 0.25) is 0 Å². The predicted octanol–water partition coefficient (Wildman–Crippen LogP) is 4.73. The SMILES string of the molecule is ClC1=C(Cl)C(Cl)C(Cl)c2ccccc21. The minimum atomic E-state index is -0.444. The van der Waals surface area contributed by atoms with Crippen molar-refractivity contribution in [2.45, 2.75) is 10.8 Å². The Balaban J connectivity index is 2.65. The van der Waals surface area contributed by atoms with Crippen LogP contribution in [-0.2, 0) is 0 Å². The van der Waals surface area contributed by atoms with Crippen molar-refractivity contribution in [1.29, 1.82) is 0 Å². The highest BCUT2D eigenvalue weighted by atomic mass is 35.5. The quantitative estimate of drug-likeness (QED) is 0.596. The van der Waals surface area contributed by atoms with Gasteiger partial charge in [-0.05, 0) is 11.1 Å². The van der Waals surface area contributed by atoms with E-state index in [1.807, 2.05) is 24.3 Å². The molecule has 14 heavy (non-hydrogen) atoms. The molecule has 0 spiro atoms. The molecular weight excluding hydrogens is 262 g/mol. The second-order valence-corrected chi connectivity index (χ2v) is 4.78. The van der Waals surface area contributed by atoms with E-state index in [0.29, 0.717) is 10.1 Å². The van der Waals surface area contributed by atoms with Crippen LogP contribution in [0.3, 0.4) is 0 Å². The number of alkyl halides is 2. The Morgan fingerprint density at radius 2 is 1.57 bits per heavy atom. The van der Waals surface area contributed by atoms with Crippen LogP contribution in [0.5, 0.6) is 0 Å². The van der Waals surface area contributed by atoms with Crippen LogP contribution in [-0.4, -0.2) is 5.38 Å². The molecule has 1 aliphatic rings. The Hall–Kier alpha value is 0.120. The molecule has 2 unspecified atom stereocenters. The van der Waals surface area contributed by atoms with E-state index >= 15 is 0 Å². The molecule has 2 rings (SSSR count). The monoisotopic (exact) mass is 266 g/mol. The Bertz CT molecular complexity index is 397. The van der Waals surface area contributed by atoms with Crippen LogP contribution in [0, 0.1) is 0 Å². The zero-order valence-corrected chi connectivity index (χ0v) is 10.00. The summed E-state index contributed by atoms with van der Waals surface area (Å²) in [5.74, 6) is 0. The first kappa shape index (κ1) is 10.6. The molecule has 1 aliphatic carbocycles. The second-order valence-electron chi connectivity index (χ2n) is 3.05.